The fraction of sp³-hybridized carbons (Fsp3) is 0.345. The quantitative estimate of drug-likeness (QED) is 0.481. The highest BCUT2D eigenvalue weighted by atomic mass is 16.1. The van der Waals surface area contributed by atoms with E-state index >= 15 is 0 Å². The van der Waals surface area contributed by atoms with Crippen LogP contribution in [-0.2, 0) is 19.4 Å². The third-order valence-electron chi connectivity index (χ3n) is 6.72. The molecule has 3 aromatic rings. The zero-order valence-corrected chi connectivity index (χ0v) is 19.9. The molecule has 0 bridgehead atoms. The van der Waals surface area contributed by atoms with Crippen molar-refractivity contribution in [1.82, 2.24) is 10.3 Å². The molecule has 0 saturated carbocycles. The number of rotatable bonds is 7. The van der Waals surface area contributed by atoms with Gasteiger partial charge in [-0.3, -0.25) is 14.6 Å². The molecule has 4 heteroatoms. The average Bonchev–Trinajstić information content (AvgIpc) is 3.16. The van der Waals surface area contributed by atoms with Gasteiger partial charge in [0.15, 0.2) is 5.78 Å². The summed E-state index contributed by atoms with van der Waals surface area (Å²) in [7, 11) is 0. The molecule has 2 aromatic carbocycles. The summed E-state index contributed by atoms with van der Waals surface area (Å²) >= 11 is 0. The summed E-state index contributed by atoms with van der Waals surface area (Å²) in [6, 6.07) is 18.2. The van der Waals surface area contributed by atoms with Crippen LogP contribution in [0.2, 0.25) is 0 Å². The van der Waals surface area contributed by atoms with E-state index in [1.165, 1.54) is 16.7 Å². The highest BCUT2D eigenvalue weighted by Crippen LogP contribution is 2.43. The lowest BCUT2D eigenvalue weighted by Gasteiger charge is -2.23. The van der Waals surface area contributed by atoms with Crippen LogP contribution in [0.3, 0.4) is 0 Å². The van der Waals surface area contributed by atoms with Gasteiger partial charge in [-0.05, 0) is 61.3 Å². The Morgan fingerprint density at radius 3 is 2.30 bits per heavy atom. The van der Waals surface area contributed by atoms with E-state index < -0.39 is 0 Å². The van der Waals surface area contributed by atoms with E-state index in [-0.39, 0.29) is 11.7 Å². The van der Waals surface area contributed by atoms with E-state index in [0.717, 1.165) is 24.1 Å². The first-order chi connectivity index (χ1) is 15.8. The zero-order valence-electron chi connectivity index (χ0n) is 19.9. The first-order valence-electron chi connectivity index (χ1n) is 11.7. The molecule has 0 saturated heterocycles. The minimum atomic E-state index is -0.121. The van der Waals surface area contributed by atoms with Crippen LogP contribution in [0.15, 0.2) is 60.8 Å². The summed E-state index contributed by atoms with van der Waals surface area (Å²) in [6.07, 6.45) is 3.70. The minimum absolute atomic E-state index is 0.0372. The zero-order chi connectivity index (χ0) is 23.5. The molecule has 1 aliphatic carbocycles. The minimum Gasteiger partial charge on any atom is -0.348 e. The van der Waals surface area contributed by atoms with Crippen LogP contribution in [0.1, 0.15) is 75.4 Å². The molecule has 1 aliphatic rings. The molecular weight excluding hydrogens is 408 g/mol. The Kier molecular flexibility index (Phi) is 6.73. The Hall–Kier alpha value is -3.27. The summed E-state index contributed by atoms with van der Waals surface area (Å²) in [4.78, 5) is 29.0. The van der Waals surface area contributed by atoms with Crippen molar-refractivity contribution in [2.75, 3.05) is 0 Å². The topological polar surface area (TPSA) is 59.1 Å². The number of Topliss-reactive ketones (excluding diaryl/α,β-unsaturated/α-hetero) is 1. The highest BCUT2D eigenvalue weighted by Gasteiger charge is 2.36. The van der Waals surface area contributed by atoms with Crippen molar-refractivity contribution in [1.29, 1.82) is 0 Å². The van der Waals surface area contributed by atoms with E-state index in [9.17, 15) is 9.59 Å². The first-order valence-corrected chi connectivity index (χ1v) is 11.7. The van der Waals surface area contributed by atoms with Gasteiger partial charge in [0.05, 0.1) is 5.56 Å². The molecule has 1 amide bonds. The fourth-order valence-electron chi connectivity index (χ4n) is 4.97. The third kappa shape index (κ3) is 5.22. The number of hydrogen-bond acceptors (Lipinski definition) is 3. The van der Waals surface area contributed by atoms with E-state index in [1.807, 2.05) is 18.2 Å². The molecule has 170 valence electrons. The number of aryl methyl sites for hydroxylation is 1. The summed E-state index contributed by atoms with van der Waals surface area (Å²) in [5.74, 6) is 1.30. The maximum absolute atomic E-state index is 12.8. The van der Waals surface area contributed by atoms with Crippen molar-refractivity contribution < 1.29 is 9.59 Å². The van der Waals surface area contributed by atoms with Crippen LogP contribution in [-0.4, -0.2) is 16.7 Å². The number of fused-ring (bicyclic) bond motifs is 1. The van der Waals surface area contributed by atoms with Gasteiger partial charge in [-0.15, -0.1) is 0 Å². The van der Waals surface area contributed by atoms with Crippen LogP contribution in [0.25, 0.3) is 0 Å². The van der Waals surface area contributed by atoms with Gasteiger partial charge in [0.2, 0.25) is 0 Å². The maximum Gasteiger partial charge on any atom is 0.253 e. The Morgan fingerprint density at radius 1 is 1.00 bits per heavy atom. The highest BCUT2D eigenvalue weighted by molar-refractivity contribution is 5.94. The fourth-order valence-corrected chi connectivity index (χ4v) is 4.97. The van der Waals surface area contributed by atoms with E-state index in [4.69, 9.17) is 4.98 Å². The lowest BCUT2D eigenvalue weighted by atomic mass is 9.81. The average molecular weight is 441 g/mol. The Balaban J connectivity index is 1.46. The maximum atomic E-state index is 12.8. The van der Waals surface area contributed by atoms with Gasteiger partial charge in [-0.2, -0.15) is 0 Å². The predicted octanol–water partition coefficient (Wildman–Crippen LogP) is 5.68. The molecule has 1 heterocycles. The number of ketones is 1. The molecule has 4 rings (SSSR count). The summed E-state index contributed by atoms with van der Waals surface area (Å²) in [6.45, 7) is 8.61. The Morgan fingerprint density at radius 2 is 1.67 bits per heavy atom. The smallest absolute Gasteiger partial charge is 0.253 e. The Bertz CT molecular complexity index is 1150. The molecule has 0 spiro atoms. The van der Waals surface area contributed by atoms with Gasteiger partial charge in [0, 0.05) is 29.9 Å². The van der Waals surface area contributed by atoms with Crippen molar-refractivity contribution in [3.63, 3.8) is 0 Å². The van der Waals surface area contributed by atoms with Gasteiger partial charge in [-0.25, -0.2) is 0 Å². The van der Waals surface area contributed by atoms with E-state index in [1.54, 1.807) is 25.3 Å². The van der Waals surface area contributed by atoms with E-state index in [2.05, 4.69) is 50.4 Å². The molecule has 1 aromatic heterocycles. The number of carbonyl (C=O) groups excluding carboxylic acids is 2. The van der Waals surface area contributed by atoms with Crippen molar-refractivity contribution in [3.8, 4) is 0 Å². The lowest BCUT2D eigenvalue weighted by molar-refractivity contribution is 0.0949. The van der Waals surface area contributed by atoms with Crippen LogP contribution in [0.4, 0.5) is 0 Å². The summed E-state index contributed by atoms with van der Waals surface area (Å²) < 4.78 is 0. The van der Waals surface area contributed by atoms with Crippen molar-refractivity contribution in [2.45, 2.75) is 53.0 Å². The summed E-state index contributed by atoms with van der Waals surface area (Å²) in [5, 5.41) is 2.98. The predicted molar refractivity (Wildman–Crippen MR) is 132 cm³/mol. The Labute approximate surface area is 196 Å². The molecule has 33 heavy (non-hydrogen) atoms. The van der Waals surface area contributed by atoms with Crippen molar-refractivity contribution in [3.05, 3.63) is 99.9 Å². The van der Waals surface area contributed by atoms with Gasteiger partial charge in [0.1, 0.15) is 0 Å². The number of nitrogens with zero attached hydrogens (tertiary/aromatic N) is 1. The SMILES string of the molecule is CC(=O)c1ccc(CNC(=O)c2cnc3c(c2)CC(Cc2ccc(C)cc2)[C@H]3C(C)C)cc1. The molecule has 0 radical (unpaired) electrons. The van der Waals surface area contributed by atoms with Crippen LogP contribution >= 0.6 is 0 Å². The standard InChI is InChI=1S/C29H32N2O2/c1-18(2)27-24(13-21-7-5-19(3)6-8-21)14-25-15-26(17-30-28(25)27)29(33)31-16-22-9-11-23(12-10-22)20(4)32/h5-12,15,17-18,24,27H,13-14,16H2,1-4H3,(H,31,33)/t24?,27-/m1/s1. The summed E-state index contributed by atoms with van der Waals surface area (Å²) in [5.41, 5.74) is 7.22. The molecule has 1 unspecified atom stereocenters. The van der Waals surface area contributed by atoms with Crippen molar-refractivity contribution >= 4 is 11.7 Å². The van der Waals surface area contributed by atoms with Gasteiger partial charge in [0.25, 0.3) is 5.91 Å². The van der Waals surface area contributed by atoms with Crippen LogP contribution in [0, 0.1) is 18.8 Å². The number of hydrogen-bond donors (Lipinski definition) is 1. The normalized spacial score (nSPS) is 17.1. The number of aromatic nitrogens is 1. The molecule has 2 atom stereocenters. The second kappa shape index (κ2) is 9.70. The molecular formula is C29H32N2O2. The number of nitrogens with one attached hydrogen (secondary N) is 1. The number of pyridine rings is 1. The molecule has 4 nitrogen and oxygen atoms in total. The number of carbonyl (C=O) groups is 2. The van der Waals surface area contributed by atoms with Gasteiger partial charge < -0.3 is 5.32 Å². The second-order valence-electron chi connectivity index (χ2n) is 9.63. The van der Waals surface area contributed by atoms with Crippen molar-refractivity contribution in [2.24, 2.45) is 11.8 Å². The van der Waals surface area contributed by atoms with E-state index in [0.29, 0.717) is 35.4 Å². The molecule has 1 N–H and O–H groups in total. The number of benzene rings is 2. The van der Waals surface area contributed by atoms with Crippen LogP contribution in [0.5, 0.6) is 0 Å². The van der Waals surface area contributed by atoms with Gasteiger partial charge in [-0.1, -0.05) is 67.9 Å². The second-order valence-corrected chi connectivity index (χ2v) is 9.63. The molecule has 0 aliphatic heterocycles. The largest absolute Gasteiger partial charge is 0.348 e. The van der Waals surface area contributed by atoms with Gasteiger partial charge >= 0.3 is 0 Å². The first kappa shape index (κ1) is 22.9. The number of amides is 1. The lowest BCUT2D eigenvalue weighted by Crippen LogP contribution is -2.23. The monoisotopic (exact) mass is 440 g/mol. The third-order valence-corrected chi connectivity index (χ3v) is 6.72. The van der Waals surface area contributed by atoms with Crippen LogP contribution < -0.4 is 5.32 Å². The molecule has 0 fully saturated rings.